The van der Waals surface area contributed by atoms with E-state index in [2.05, 4.69) is 22.1 Å². The first-order valence-corrected chi connectivity index (χ1v) is 11.8. The summed E-state index contributed by atoms with van der Waals surface area (Å²) in [5, 5.41) is 6.62. The molecule has 2 aliphatic heterocycles. The standard InChI is InChI=1S/C26H32N4O4.2ClH/c1-3-33-24(31)16-22-15-21-14-20(8-9-23(21)34-26(22)27)25(32)19-6-4-18(5-7-19)17-28-30-12-10-29(2)11-13-30;;/h4-9,14,17,22,26H,3,10-13,15-16,27H2,1-2H3;2*1H. The van der Waals surface area contributed by atoms with Crippen LogP contribution in [0.15, 0.2) is 47.6 Å². The van der Waals surface area contributed by atoms with E-state index in [1.807, 2.05) is 36.5 Å². The molecule has 1 fully saturated rings. The van der Waals surface area contributed by atoms with Gasteiger partial charge in [-0.1, -0.05) is 24.3 Å². The van der Waals surface area contributed by atoms with Crippen LogP contribution in [0, 0.1) is 5.92 Å². The highest BCUT2D eigenvalue weighted by Gasteiger charge is 2.30. The molecule has 2 heterocycles. The maximum Gasteiger partial charge on any atom is 0.306 e. The van der Waals surface area contributed by atoms with Crippen LogP contribution in [0.2, 0.25) is 0 Å². The fourth-order valence-corrected chi connectivity index (χ4v) is 4.21. The summed E-state index contributed by atoms with van der Waals surface area (Å²) in [4.78, 5) is 27.3. The van der Waals surface area contributed by atoms with Crippen LogP contribution in [0.4, 0.5) is 0 Å². The van der Waals surface area contributed by atoms with Gasteiger partial charge in [-0.25, -0.2) is 0 Å². The molecule has 0 bridgehead atoms. The third-order valence-electron chi connectivity index (χ3n) is 6.29. The number of likely N-dealkylation sites (N-methyl/N-ethyl adjacent to an activating group) is 1. The number of rotatable bonds is 7. The number of halogens is 2. The molecule has 36 heavy (non-hydrogen) atoms. The van der Waals surface area contributed by atoms with E-state index in [1.54, 1.807) is 19.1 Å². The number of nitrogens with zero attached hydrogens (tertiary/aromatic N) is 3. The monoisotopic (exact) mass is 536 g/mol. The predicted octanol–water partition coefficient (Wildman–Crippen LogP) is 3.13. The molecule has 0 spiro atoms. The smallest absolute Gasteiger partial charge is 0.306 e. The zero-order chi connectivity index (χ0) is 24.1. The summed E-state index contributed by atoms with van der Waals surface area (Å²) in [6, 6.07) is 12.8. The van der Waals surface area contributed by atoms with Gasteiger partial charge in [0.05, 0.1) is 19.2 Å². The number of hydrazone groups is 1. The zero-order valence-corrected chi connectivity index (χ0v) is 22.2. The Bertz CT molecular complexity index is 1060. The SMILES string of the molecule is CCOC(=O)CC1Cc2cc(C(=O)c3ccc(C=NN4CCN(C)CC4)cc3)ccc2OC1N.Cl.Cl. The second-order valence-electron chi connectivity index (χ2n) is 8.83. The van der Waals surface area contributed by atoms with Crippen LogP contribution in [0.5, 0.6) is 5.75 Å². The molecule has 0 aromatic heterocycles. The molecule has 2 aromatic rings. The number of ether oxygens (including phenoxy) is 2. The summed E-state index contributed by atoms with van der Waals surface area (Å²) in [5.74, 6) is 0.0936. The molecule has 196 valence electrons. The van der Waals surface area contributed by atoms with Gasteiger partial charge in [-0.05, 0) is 49.7 Å². The minimum absolute atomic E-state index is 0. The number of esters is 1. The zero-order valence-electron chi connectivity index (χ0n) is 20.6. The number of benzene rings is 2. The number of ketones is 1. The average Bonchev–Trinajstić information content (AvgIpc) is 2.84. The van der Waals surface area contributed by atoms with Crippen molar-refractivity contribution < 1.29 is 19.1 Å². The highest BCUT2D eigenvalue weighted by molar-refractivity contribution is 6.09. The van der Waals surface area contributed by atoms with Gasteiger partial charge in [0.25, 0.3) is 0 Å². The lowest BCUT2D eigenvalue weighted by Crippen LogP contribution is -2.41. The van der Waals surface area contributed by atoms with Crippen LogP contribution >= 0.6 is 24.8 Å². The predicted molar refractivity (Wildman–Crippen MR) is 145 cm³/mol. The Morgan fingerprint density at radius 3 is 2.42 bits per heavy atom. The van der Waals surface area contributed by atoms with Gasteiger partial charge in [-0.15, -0.1) is 24.8 Å². The Balaban J connectivity index is 0.00000228. The van der Waals surface area contributed by atoms with Gasteiger partial charge in [0.15, 0.2) is 12.0 Å². The summed E-state index contributed by atoms with van der Waals surface area (Å²) >= 11 is 0. The van der Waals surface area contributed by atoms with Crippen molar-refractivity contribution in [3.05, 3.63) is 64.7 Å². The molecule has 0 saturated carbocycles. The van der Waals surface area contributed by atoms with Crippen LogP contribution in [-0.2, 0) is 16.0 Å². The molecule has 2 N–H and O–H groups in total. The lowest BCUT2D eigenvalue weighted by molar-refractivity contribution is -0.145. The van der Waals surface area contributed by atoms with Gasteiger partial charge in [-0.2, -0.15) is 5.10 Å². The largest absolute Gasteiger partial charge is 0.475 e. The van der Waals surface area contributed by atoms with E-state index in [0.29, 0.717) is 29.9 Å². The quantitative estimate of drug-likeness (QED) is 0.329. The van der Waals surface area contributed by atoms with E-state index in [1.165, 1.54) is 0 Å². The van der Waals surface area contributed by atoms with Gasteiger partial charge in [0, 0.05) is 43.2 Å². The second kappa shape index (κ2) is 13.6. The second-order valence-corrected chi connectivity index (χ2v) is 8.83. The van der Waals surface area contributed by atoms with Crippen LogP contribution in [0.25, 0.3) is 0 Å². The highest BCUT2D eigenvalue weighted by atomic mass is 35.5. The number of hydrogen-bond acceptors (Lipinski definition) is 8. The molecule has 2 aliphatic rings. The number of nitrogens with two attached hydrogens (primary N) is 1. The first kappa shape index (κ1) is 29.6. The van der Waals surface area contributed by atoms with Crippen molar-refractivity contribution in [1.82, 2.24) is 9.91 Å². The number of hydrogen-bond donors (Lipinski definition) is 1. The molecule has 10 heteroatoms. The molecular formula is C26H34Cl2N4O4. The summed E-state index contributed by atoms with van der Waals surface area (Å²) in [7, 11) is 2.11. The Labute approximate surface area is 224 Å². The molecule has 0 radical (unpaired) electrons. The normalized spacial score (nSPS) is 19.5. The van der Waals surface area contributed by atoms with Crippen LogP contribution in [0.1, 0.15) is 40.4 Å². The number of carbonyl (C=O) groups excluding carboxylic acids is 2. The first-order valence-electron chi connectivity index (χ1n) is 11.8. The van der Waals surface area contributed by atoms with Gasteiger partial charge in [0.1, 0.15) is 5.75 Å². The van der Waals surface area contributed by atoms with Crippen LogP contribution in [0.3, 0.4) is 0 Å². The van der Waals surface area contributed by atoms with Crippen molar-refractivity contribution in [2.24, 2.45) is 16.8 Å². The molecule has 0 amide bonds. The maximum absolute atomic E-state index is 13.1. The molecule has 2 atom stereocenters. The number of piperazine rings is 1. The van der Waals surface area contributed by atoms with Crippen molar-refractivity contribution in [3.63, 3.8) is 0 Å². The molecule has 8 nitrogen and oxygen atoms in total. The summed E-state index contributed by atoms with van der Waals surface area (Å²) < 4.78 is 10.8. The summed E-state index contributed by atoms with van der Waals surface area (Å²) in [6.45, 7) is 5.94. The molecule has 1 saturated heterocycles. The Hall–Kier alpha value is -2.65. The van der Waals surface area contributed by atoms with E-state index in [-0.39, 0.29) is 48.9 Å². The first-order chi connectivity index (χ1) is 16.4. The van der Waals surface area contributed by atoms with E-state index < -0.39 is 6.23 Å². The van der Waals surface area contributed by atoms with E-state index in [9.17, 15) is 9.59 Å². The fraction of sp³-hybridized carbons (Fsp3) is 0.423. The molecular weight excluding hydrogens is 503 g/mol. The lowest BCUT2D eigenvalue weighted by atomic mass is 9.90. The summed E-state index contributed by atoms with van der Waals surface area (Å²) in [5.41, 5.74) is 9.11. The lowest BCUT2D eigenvalue weighted by Gasteiger charge is -2.30. The summed E-state index contributed by atoms with van der Waals surface area (Å²) in [6.07, 6.45) is 1.99. The molecule has 2 aromatic carbocycles. The third-order valence-corrected chi connectivity index (χ3v) is 6.29. The van der Waals surface area contributed by atoms with Gasteiger partial charge >= 0.3 is 5.97 Å². The topological polar surface area (TPSA) is 97.5 Å². The average molecular weight is 537 g/mol. The van der Waals surface area contributed by atoms with Crippen molar-refractivity contribution in [3.8, 4) is 5.75 Å². The number of fused-ring (bicyclic) bond motifs is 1. The third kappa shape index (κ3) is 7.43. The van der Waals surface area contributed by atoms with Crippen molar-refractivity contribution in [2.75, 3.05) is 39.8 Å². The van der Waals surface area contributed by atoms with Crippen molar-refractivity contribution >= 4 is 42.8 Å². The van der Waals surface area contributed by atoms with Crippen molar-refractivity contribution in [1.29, 1.82) is 0 Å². The van der Waals surface area contributed by atoms with Crippen LogP contribution in [-0.4, -0.2) is 73.9 Å². The van der Waals surface area contributed by atoms with E-state index >= 15 is 0 Å². The molecule has 2 unspecified atom stereocenters. The number of carbonyl (C=O) groups is 2. The van der Waals surface area contributed by atoms with E-state index in [0.717, 1.165) is 37.3 Å². The van der Waals surface area contributed by atoms with E-state index in [4.69, 9.17) is 15.2 Å². The van der Waals surface area contributed by atoms with Gasteiger partial charge in [-0.3, -0.25) is 20.3 Å². The Morgan fingerprint density at radius 2 is 1.75 bits per heavy atom. The molecule has 4 rings (SSSR count). The van der Waals surface area contributed by atoms with Gasteiger partial charge < -0.3 is 14.4 Å². The Morgan fingerprint density at radius 1 is 1.08 bits per heavy atom. The maximum atomic E-state index is 13.1. The highest BCUT2D eigenvalue weighted by Crippen LogP contribution is 2.32. The van der Waals surface area contributed by atoms with Crippen LogP contribution < -0.4 is 10.5 Å². The molecule has 0 aliphatic carbocycles. The minimum Gasteiger partial charge on any atom is -0.475 e. The van der Waals surface area contributed by atoms with Crippen molar-refractivity contribution in [2.45, 2.75) is 26.0 Å². The minimum atomic E-state index is -0.585. The van der Waals surface area contributed by atoms with Gasteiger partial charge in [0.2, 0.25) is 0 Å². The Kier molecular flexibility index (Phi) is 11.2. The fourth-order valence-electron chi connectivity index (χ4n) is 4.21.